The number of hydrogen-bond donors (Lipinski definition) is 0. The Morgan fingerprint density at radius 1 is 1.18 bits per heavy atom. The van der Waals surface area contributed by atoms with Crippen molar-refractivity contribution in [2.24, 2.45) is 11.8 Å². The van der Waals surface area contributed by atoms with Crippen LogP contribution in [0.5, 0.6) is 0 Å². The topological polar surface area (TPSA) is 17.1 Å². The van der Waals surface area contributed by atoms with Crippen LogP contribution in [0, 0.1) is 11.8 Å². The van der Waals surface area contributed by atoms with Gasteiger partial charge in [0.1, 0.15) is 0 Å². The molecule has 1 nitrogen and oxygen atoms in total. The smallest absolute Gasteiger partial charge is 0.185 e. The van der Waals surface area contributed by atoms with Gasteiger partial charge in [0.2, 0.25) is 0 Å². The molecule has 2 atom stereocenters. The number of fused-ring (bicyclic) bond motifs is 1. The van der Waals surface area contributed by atoms with Gasteiger partial charge in [0, 0.05) is 5.57 Å². The summed E-state index contributed by atoms with van der Waals surface area (Å²) in [6, 6.07) is 9.90. The van der Waals surface area contributed by atoms with Gasteiger partial charge >= 0.3 is 0 Å². The van der Waals surface area contributed by atoms with Gasteiger partial charge in [0.25, 0.3) is 0 Å². The van der Waals surface area contributed by atoms with Crippen LogP contribution in [0.4, 0.5) is 0 Å². The van der Waals surface area contributed by atoms with E-state index in [1.54, 1.807) is 6.08 Å². The van der Waals surface area contributed by atoms with E-state index in [1.165, 1.54) is 6.42 Å². The maximum absolute atomic E-state index is 11.9. The van der Waals surface area contributed by atoms with E-state index in [2.05, 4.69) is 12.2 Å². The van der Waals surface area contributed by atoms with Crippen LogP contribution < -0.4 is 0 Å². The molecule has 1 aromatic rings. The highest BCUT2D eigenvalue weighted by atomic mass is 16.1. The maximum atomic E-state index is 11.9. The second-order valence-corrected chi connectivity index (χ2v) is 4.65. The minimum absolute atomic E-state index is 0.107. The van der Waals surface area contributed by atoms with Crippen molar-refractivity contribution in [3.05, 3.63) is 65.8 Å². The second-order valence-electron chi connectivity index (χ2n) is 4.65. The molecule has 0 N–H and O–H groups in total. The maximum Gasteiger partial charge on any atom is 0.185 e. The summed E-state index contributed by atoms with van der Waals surface area (Å²) in [6.07, 6.45) is 11.0. The first-order valence-corrected chi connectivity index (χ1v) is 6.00. The SMILES string of the molecule is O=C(/C=C/c1ccccc1)C1=CC2CC2C=C1. The average molecular weight is 222 g/mol. The zero-order valence-electron chi connectivity index (χ0n) is 9.54. The van der Waals surface area contributed by atoms with Crippen molar-refractivity contribution in [2.75, 3.05) is 0 Å². The van der Waals surface area contributed by atoms with Crippen LogP contribution in [-0.2, 0) is 4.79 Å². The quantitative estimate of drug-likeness (QED) is 0.716. The highest BCUT2D eigenvalue weighted by Gasteiger charge is 2.35. The molecule has 0 radical (unpaired) electrons. The predicted octanol–water partition coefficient (Wildman–Crippen LogP) is 3.40. The van der Waals surface area contributed by atoms with E-state index < -0.39 is 0 Å². The summed E-state index contributed by atoms with van der Waals surface area (Å²) < 4.78 is 0. The molecule has 2 aliphatic rings. The zero-order chi connectivity index (χ0) is 11.7. The van der Waals surface area contributed by atoms with E-state index in [-0.39, 0.29) is 5.78 Å². The first kappa shape index (κ1) is 10.3. The van der Waals surface area contributed by atoms with Crippen molar-refractivity contribution < 1.29 is 4.79 Å². The Balaban J connectivity index is 1.72. The van der Waals surface area contributed by atoms with Gasteiger partial charge in [0.05, 0.1) is 0 Å². The fourth-order valence-corrected chi connectivity index (χ4v) is 2.16. The average Bonchev–Trinajstić information content (AvgIpc) is 3.15. The number of allylic oxidation sites excluding steroid dienone is 5. The molecule has 0 bridgehead atoms. The van der Waals surface area contributed by atoms with E-state index in [0.29, 0.717) is 11.8 Å². The Labute approximate surface area is 101 Å². The first-order chi connectivity index (χ1) is 8.33. The van der Waals surface area contributed by atoms with Gasteiger partial charge < -0.3 is 0 Å². The van der Waals surface area contributed by atoms with Gasteiger partial charge in [-0.1, -0.05) is 54.6 Å². The van der Waals surface area contributed by atoms with Crippen LogP contribution in [0.1, 0.15) is 12.0 Å². The minimum atomic E-state index is 0.107. The standard InChI is InChI=1S/C16H14O/c17-16(9-6-12-4-2-1-3-5-12)14-8-7-13-10-15(13)11-14/h1-9,11,13,15H,10H2/b9-6+. The van der Waals surface area contributed by atoms with Gasteiger partial charge in [-0.05, 0) is 29.9 Å². The molecule has 3 rings (SSSR count). The van der Waals surface area contributed by atoms with Crippen molar-refractivity contribution in [3.63, 3.8) is 0 Å². The Hall–Kier alpha value is -1.89. The largest absolute Gasteiger partial charge is 0.289 e. The van der Waals surface area contributed by atoms with E-state index in [0.717, 1.165) is 11.1 Å². The van der Waals surface area contributed by atoms with E-state index in [9.17, 15) is 4.79 Å². The second kappa shape index (κ2) is 4.17. The molecule has 84 valence electrons. The molecule has 0 spiro atoms. The minimum Gasteiger partial charge on any atom is -0.289 e. The number of carbonyl (C=O) groups excluding carboxylic acids is 1. The molecule has 0 heterocycles. The van der Waals surface area contributed by atoms with Crippen molar-refractivity contribution in [1.29, 1.82) is 0 Å². The van der Waals surface area contributed by atoms with Crippen LogP contribution in [0.25, 0.3) is 6.08 Å². The third-order valence-electron chi connectivity index (χ3n) is 3.32. The lowest BCUT2D eigenvalue weighted by Crippen LogP contribution is -1.99. The number of hydrogen-bond acceptors (Lipinski definition) is 1. The number of benzene rings is 1. The molecule has 1 aromatic carbocycles. The van der Waals surface area contributed by atoms with Crippen LogP contribution >= 0.6 is 0 Å². The lowest BCUT2D eigenvalue weighted by Gasteiger charge is -2.01. The Morgan fingerprint density at radius 2 is 2.00 bits per heavy atom. The van der Waals surface area contributed by atoms with Crippen LogP contribution in [0.2, 0.25) is 0 Å². The number of ketones is 1. The van der Waals surface area contributed by atoms with Gasteiger partial charge in [-0.15, -0.1) is 0 Å². The Bertz CT molecular complexity index is 520. The van der Waals surface area contributed by atoms with Gasteiger partial charge in [0.15, 0.2) is 5.78 Å². The van der Waals surface area contributed by atoms with Crippen molar-refractivity contribution in [1.82, 2.24) is 0 Å². The molecule has 0 amide bonds. The highest BCUT2D eigenvalue weighted by molar-refractivity contribution is 6.08. The van der Waals surface area contributed by atoms with E-state index in [4.69, 9.17) is 0 Å². The van der Waals surface area contributed by atoms with Crippen LogP contribution in [-0.4, -0.2) is 5.78 Å². The molecule has 2 aliphatic carbocycles. The summed E-state index contributed by atoms with van der Waals surface area (Å²) in [4.78, 5) is 11.9. The molecule has 1 fully saturated rings. The molecular formula is C16H14O. The Kier molecular flexibility index (Phi) is 2.52. The Morgan fingerprint density at radius 3 is 2.76 bits per heavy atom. The summed E-state index contributed by atoms with van der Waals surface area (Å²) in [5, 5.41) is 0. The molecular weight excluding hydrogens is 208 g/mol. The normalized spacial score (nSPS) is 25.5. The summed E-state index contributed by atoms with van der Waals surface area (Å²) in [5.41, 5.74) is 1.90. The van der Waals surface area contributed by atoms with Crippen LogP contribution in [0.15, 0.2) is 60.2 Å². The van der Waals surface area contributed by atoms with Crippen molar-refractivity contribution in [3.8, 4) is 0 Å². The van der Waals surface area contributed by atoms with Crippen LogP contribution in [0.3, 0.4) is 0 Å². The molecule has 1 saturated carbocycles. The fourth-order valence-electron chi connectivity index (χ4n) is 2.16. The number of carbonyl (C=O) groups is 1. The lowest BCUT2D eigenvalue weighted by molar-refractivity contribution is -0.111. The molecule has 0 saturated heterocycles. The molecule has 0 aliphatic heterocycles. The zero-order valence-corrected chi connectivity index (χ0v) is 9.54. The fraction of sp³-hybridized carbons (Fsp3) is 0.188. The summed E-state index contributed by atoms with van der Waals surface area (Å²) in [5.74, 6) is 1.45. The van der Waals surface area contributed by atoms with Crippen molar-refractivity contribution in [2.45, 2.75) is 6.42 Å². The third kappa shape index (κ3) is 2.28. The summed E-state index contributed by atoms with van der Waals surface area (Å²) in [6.45, 7) is 0. The summed E-state index contributed by atoms with van der Waals surface area (Å²) in [7, 11) is 0. The third-order valence-corrected chi connectivity index (χ3v) is 3.32. The molecule has 17 heavy (non-hydrogen) atoms. The highest BCUT2D eigenvalue weighted by Crippen LogP contribution is 2.44. The molecule has 1 heteroatoms. The summed E-state index contributed by atoms with van der Waals surface area (Å²) >= 11 is 0. The monoisotopic (exact) mass is 222 g/mol. The van der Waals surface area contributed by atoms with E-state index >= 15 is 0 Å². The van der Waals surface area contributed by atoms with Gasteiger partial charge in [-0.3, -0.25) is 4.79 Å². The molecule has 2 unspecified atom stereocenters. The van der Waals surface area contributed by atoms with E-state index in [1.807, 2.05) is 42.5 Å². The lowest BCUT2D eigenvalue weighted by atomic mass is 10.0. The van der Waals surface area contributed by atoms with Gasteiger partial charge in [-0.2, -0.15) is 0 Å². The first-order valence-electron chi connectivity index (χ1n) is 6.00. The predicted molar refractivity (Wildman–Crippen MR) is 69.3 cm³/mol. The number of rotatable bonds is 3. The van der Waals surface area contributed by atoms with Crippen molar-refractivity contribution >= 4 is 11.9 Å². The van der Waals surface area contributed by atoms with Gasteiger partial charge in [-0.25, -0.2) is 0 Å². The molecule has 0 aromatic heterocycles.